The van der Waals surface area contributed by atoms with E-state index in [0.29, 0.717) is 29.6 Å². The summed E-state index contributed by atoms with van der Waals surface area (Å²) in [4.78, 5) is 0. The molecule has 0 radical (unpaired) electrons. The first-order chi connectivity index (χ1) is 10.3. The molecule has 0 unspecified atom stereocenters. The fraction of sp³-hybridized carbons (Fsp3) is 0.200. The quantitative estimate of drug-likeness (QED) is 0.789. The van der Waals surface area contributed by atoms with Crippen LogP contribution in [-0.2, 0) is 6.61 Å². The van der Waals surface area contributed by atoms with Crippen LogP contribution in [0, 0.1) is 0 Å². The van der Waals surface area contributed by atoms with Gasteiger partial charge in [0.2, 0.25) is 5.75 Å². The monoisotopic (exact) mass is 288 g/mol. The Hall–Kier alpha value is -2.34. The van der Waals surface area contributed by atoms with E-state index in [9.17, 15) is 0 Å². The predicted molar refractivity (Wildman–Crippen MR) is 80.3 cm³/mol. The maximum absolute atomic E-state index is 8.87. The average molecular weight is 288 g/mol. The van der Waals surface area contributed by atoms with Crippen molar-refractivity contribution in [3.63, 3.8) is 0 Å². The zero-order valence-corrected chi connectivity index (χ0v) is 12.0. The molecule has 0 saturated heterocycles. The maximum atomic E-state index is 8.87. The lowest BCUT2D eigenvalue weighted by Gasteiger charge is -2.15. The summed E-state index contributed by atoms with van der Waals surface area (Å²) >= 11 is 0. The summed E-state index contributed by atoms with van der Waals surface area (Å²) in [6.07, 6.45) is 0. The minimum atomic E-state index is -0.423. The molecule has 0 atom stereocenters. The summed E-state index contributed by atoms with van der Waals surface area (Å²) in [7, 11) is 2.65. The third-order valence-electron chi connectivity index (χ3n) is 2.89. The van der Waals surface area contributed by atoms with Crippen LogP contribution in [0.25, 0.3) is 0 Å². The topological polar surface area (TPSA) is 57.2 Å². The van der Waals surface area contributed by atoms with Crippen molar-refractivity contribution in [1.82, 2.24) is 0 Å². The third-order valence-corrected chi connectivity index (χ3v) is 2.89. The van der Waals surface area contributed by atoms with Crippen LogP contribution in [0.4, 0.5) is 0 Å². The SMILES string of the molecule is COc1cc(OBO)cc(OCc2ccccc2)c1OC. The van der Waals surface area contributed by atoms with Crippen LogP contribution < -0.4 is 18.9 Å². The molecule has 0 aliphatic rings. The molecule has 2 rings (SSSR count). The van der Waals surface area contributed by atoms with E-state index in [1.165, 1.54) is 7.11 Å². The number of rotatable bonds is 7. The van der Waals surface area contributed by atoms with Crippen LogP contribution in [-0.4, -0.2) is 26.9 Å². The standard InChI is InChI=1S/C15H17BO5/c1-18-13-8-12(21-16-17)9-14(15(13)19-2)20-10-11-6-4-3-5-7-11/h3-9,16-17H,10H2,1-2H3. The van der Waals surface area contributed by atoms with Gasteiger partial charge in [-0.2, -0.15) is 0 Å². The molecule has 1 N–H and O–H groups in total. The minimum absolute atomic E-state index is 0.392. The van der Waals surface area contributed by atoms with Crippen LogP contribution in [0.5, 0.6) is 23.0 Å². The normalized spacial score (nSPS) is 9.86. The Balaban J connectivity index is 2.25. The number of methoxy groups -OCH3 is 2. The van der Waals surface area contributed by atoms with Gasteiger partial charge in [0.15, 0.2) is 11.5 Å². The molecule has 2 aromatic carbocycles. The third kappa shape index (κ3) is 3.82. The Labute approximate surface area is 124 Å². The molecule has 2 aromatic rings. The highest BCUT2D eigenvalue weighted by molar-refractivity contribution is 6.17. The molecule has 0 saturated carbocycles. The van der Waals surface area contributed by atoms with Crippen LogP contribution in [0.2, 0.25) is 0 Å². The van der Waals surface area contributed by atoms with Crippen molar-refractivity contribution in [3.05, 3.63) is 48.0 Å². The zero-order valence-electron chi connectivity index (χ0n) is 12.0. The molecular weight excluding hydrogens is 271 g/mol. The van der Waals surface area contributed by atoms with E-state index in [2.05, 4.69) is 0 Å². The lowest BCUT2D eigenvalue weighted by molar-refractivity contribution is 0.274. The first-order valence-corrected chi connectivity index (χ1v) is 6.45. The molecule has 6 heteroatoms. The molecule has 0 spiro atoms. The largest absolute Gasteiger partial charge is 0.539 e. The van der Waals surface area contributed by atoms with Crippen molar-refractivity contribution in [3.8, 4) is 23.0 Å². The van der Waals surface area contributed by atoms with E-state index in [1.807, 2.05) is 30.3 Å². The summed E-state index contributed by atoms with van der Waals surface area (Å²) in [6.45, 7) is 0.392. The lowest BCUT2D eigenvalue weighted by atomic mass is 10.2. The average Bonchev–Trinajstić information content (AvgIpc) is 2.53. The molecule has 0 aliphatic carbocycles. The number of hydrogen-bond acceptors (Lipinski definition) is 5. The summed E-state index contributed by atoms with van der Waals surface area (Å²) in [5, 5.41) is 8.87. The van der Waals surface area contributed by atoms with E-state index in [1.54, 1.807) is 19.2 Å². The molecule has 21 heavy (non-hydrogen) atoms. The molecule has 0 fully saturated rings. The minimum Gasteiger partial charge on any atom is -0.539 e. The van der Waals surface area contributed by atoms with Crippen molar-refractivity contribution >= 4 is 7.69 Å². The van der Waals surface area contributed by atoms with E-state index in [4.69, 9.17) is 23.9 Å². The Morgan fingerprint density at radius 1 is 1.00 bits per heavy atom. The smallest absolute Gasteiger partial charge is 0.504 e. The molecule has 110 valence electrons. The second-order valence-corrected chi connectivity index (χ2v) is 4.20. The summed E-state index contributed by atoms with van der Waals surface area (Å²) < 4.78 is 21.4. The van der Waals surface area contributed by atoms with E-state index in [-0.39, 0.29) is 0 Å². The molecular formula is C15H17BO5. The van der Waals surface area contributed by atoms with Gasteiger partial charge in [-0.25, -0.2) is 0 Å². The Morgan fingerprint density at radius 2 is 1.71 bits per heavy atom. The molecule has 0 amide bonds. The van der Waals surface area contributed by atoms with Gasteiger partial charge in [-0.15, -0.1) is 0 Å². The molecule has 0 bridgehead atoms. The number of hydrogen-bond donors (Lipinski definition) is 1. The molecule has 0 aliphatic heterocycles. The zero-order chi connectivity index (χ0) is 15.1. The van der Waals surface area contributed by atoms with Gasteiger partial charge in [-0.3, -0.25) is 0 Å². The second kappa shape index (κ2) is 7.45. The van der Waals surface area contributed by atoms with Crippen LogP contribution in [0.3, 0.4) is 0 Å². The van der Waals surface area contributed by atoms with Gasteiger partial charge in [0.1, 0.15) is 12.4 Å². The van der Waals surface area contributed by atoms with Gasteiger partial charge < -0.3 is 23.9 Å². The van der Waals surface area contributed by atoms with Crippen molar-refractivity contribution < 1.29 is 23.9 Å². The molecule has 0 aromatic heterocycles. The number of ether oxygens (including phenoxy) is 3. The summed E-state index contributed by atoms with van der Waals surface area (Å²) in [5.41, 5.74) is 1.03. The van der Waals surface area contributed by atoms with Crippen molar-refractivity contribution in [2.75, 3.05) is 14.2 Å². The van der Waals surface area contributed by atoms with Crippen LogP contribution in [0.1, 0.15) is 5.56 Å². The van der Waals surface area contributed by atoms with Gasteiger partial charge in [0.05, 0.1) is 14.2 Å². The lowest BCUT2D eigenvalue weighted by Crippen LogP contribution is -2.03. The first kappa shape index (κ1) is 15.1. The number of benzene rings is 2. The van der Waals surface area contributed by atoms with E-state index in [0.717, 1.165) is 5.56 Å². The van der Waals surface area contributed by atoms with Gasteiger partial charge in [0, 0.05) is 12.1 Å². The summed E-state index contributed by atoms with van der Waals surface area (Å²) in [5.74, 6) is 1.90. The maximum Gasteiger partial charge on any atom is 0.504 e. The van der Waals surface area contributed by atoms with Gasteiger partial charge >= 0.3 is 7.69 Å². The Kier molecular flexibility index (Phi) is 5.34. The Morgan fingerprint density at radius 3 is 2.33 bits per heavy atom. The Bertz CT molecular complexity index is 574. The highest BCUT2D eigenvalue weighted by Gasteiger charge is 2.14. The molecule has 5 nitrogen and oxygen atoms in total. The van der Waals surface area contributed by atoms with Gasteiger partial charge in [-0.05, 0) is 5.56 Å². The fourth-order valence-corrected chi connectivity index (χ4v) is 1.91. The fourth-order valence-electron chi connectivity index (χ4n) is 1.91. The van der Waals surface area contributed by atoms with Crippen LogP contribution >= 0.6 is 0 Å². The van der Waals surface area contributed by atoms with Crippen LogP contribution in [0.15, 0.2) is 42.5 Å². The van der Waals surface area contributed by atoms with E-state index < -0.39 is 7.69 Å². The van der Waals surface area contributed by atoms with Gasteiger partial charge in [0.25, 0.3) is 0 Å². The summed E-state index contributed by atoms with van der Waals surface area (Å²) in [6, 6.07) is 13.1. The van der Waals surface area contributed by atoms with Crippen molar-refractivity contribution in [2.24, 2.45) is 0 Å². The first-order valence-electron chi connectivity index (χ1n) is 6.45. The molecule has 0 heterocycles. The highest BCUT2D eigenvalue weighted by Crippen LogP contribution is 2.41. The van der Waals surface area contributed by atoms with Crippen molar-refractivity contribution in [2.45, 2.75) is 6.61 Å². The second-order valence-electron chi connectivity index (χ2n) is 4.20. The van der Waals surface area contributed by atoms with E-state index >= 15 is 0 Å². The van der Waals surface area contributed by atoms with Crippen molar-refractivity contribution in [1.29, 1.82) is 0 Å². The highest BCUT2D eigenvalue weighted by atomic mass is 16.5. The predicted octanol–water partition coefficient (Wildman–Crippen LogP) is 1.92. The van der Waals surface area contributed by atoms with Gasteiger partial charge in [-0.1, -0.05) is 30.3 Å².